The highest BCUT2D eigenvalue weighted by Gasteiger charge is 2.07. The minimum absolute atomic E-state index is 0.0253. The van der Waals surface area contributed by atoms with E-state index in [1.165, 1.54) is 5.56 Å². The van der Waals surface area contributed by atoms with E-state index in [9.17, 15) is 4.79 Å². The van der Waals surface area contributed by atoms with Crippen LogP contribution in [-0.4, -0.2) is 11.1 Å². The lowest BCUT2D eigenvalue weighted by molar-refractivity contribution is -0.136. The van der Waals surface area contributed by atoms with Crippen molar-refractivity contribution in [2.24, 2.45) is 0 Å². The standard InChI is InChI=1S/C16H17NO2/c1-2-12-7-3-5-9-14(12)17-15-10-6-4-8-13(15)11-16(18)19/h3-10,17H,2,11H2,1H3,(H,18,19). The van der Waals surface area contributed by atoms with Crippen molar-refractivity contribution >= 4 is 17.3 Å². The molecule has 0 aliphatic carbocycles. The summed E-state index contributed by atoms with van der Waals surface area (Å²) in [6, 6.07) is 15.6. The number of carbonyl (C=O) groups is 1. The number of carboxylic acids is 1. The van der Waals surface area contributed by atoms with Gasteiger partial charge in [0.2, 0.25) is 0 Å². The first-order valence-electron chi connectivity index (χ1n) is 6.35. The molecule has 0 aliphatic heterocycles. The maximum Gasteiger partial charge on any atom is 0.307 e. The average molecular weight is 255 g/mol. The minimum Gasteiger partial charge on any atom is -0.481 e. The van der Waals surface area contributed by atoms with Gasteiger partial charge in [-0.15, -0.1) is 0 Å². The Morgan fingerprint density at radius 2 is 1.53 bits per heavy atom. The molecule has 0 saturated heterocycles. The van der Waals surface area contributed by atoms with E-state index < -0.39 is 5.97 Å². The van der Waals surface area contributed by atoms with Crippen LogP contribution in [0.5, 0.6) is 0 Å². The summed E-state index contributed by atoms with van der Waals surface area (Å²) in [6.07, 6.45) is 0.960. The van der Waals surface area contributed by atoms with Gasteiger partial charge in [0.1, 0.15) is 0 Å². The van der Waals surface area contributed by atoms with E-state index in [0.717, 1.165) is 23.4 Å². The predicted octanol–water partition coefficient (Wildman–Crippen LogP) is 3.62. The Hall–Kier alpha value is -2.29. The van der Waals surface area contributed by atoms with Crippen molar-refractivity contribution in [3.05, 3.63) is 59.7 Å². The van der Waals surface area contributed by atoms with E-state index >= 15 is 0 Å². The topological polar surface area (TPSA) is 49.3 Å². The van der Waals surface area contributed by atoms with Gasteiger partial charge >= 0.3 is 5.97 Å². The molecule has 98 valence electrons. The van der Waals surface area contributed by atoms with Gasteiger partial charge in [-0.1, -0.05) is 43.3 Å². The number of anilines is 2. The minimum atomic E-state index is -0.821. The number of rotatable bonds is 5. The van der Waals surface area contributed by atoms with Crippen molar-refractivity contribution in [2.75, 3.05) is 5.32 Å². The van der Waals surface area contributed by atoms with Crippen molar-refractivity contribution in [3.8, 4) is 0 Å². The molecule has 0 radical (unpaired) electrons. The molecule has 0 heterocycles. The number of hydrogen-bond acceptors (Lipinski definition) is 2. The molecule has 2 rings (SSSR count). The molecule has 3 nitrogen and oxygen atoms in total. The number of hydrogen-bond donors (Lipinski definition) is 2. The molecule has 0 bridgehead atoms. The Bertz CT molecular complexity index is 578. The van der Waals surface area contributed by atoms with E-state index in [2.05, 4.69) is 18.3 Å². The van der Waals surface area contributed by atoms with Crippen LogP contribution < -0.4 is 5.32 Å². The second-order valence-corrected chi connectivity index (χ2v) is 4.36. The smallest absolute Gasteiger partial charge is 0.307 e. The number of aryl methyl sites for hydroxylation is 1. The largest absolute Gasteiger partial charge is 0.481 e. The van der Waals surface area contributed by atoms with Gasteiger partial charge in [0.25, 0.3) is 0 Å². The maximum absolute atomic E-state index is 10.9. The van der Waals surface area contributed by atoms with Gasteiger partial charge in [-0.25, -0.2) is 0 Å². The van der Waals surface area contributed by atoms with Crippen molar-refractivity contribution in [1.82, 2.24) is 0 Å². The lowest BCUT2D eigenvalue weighted by Gasteiger charge is -2.13. The van der Waals surface area contributed by atoms with Crippen LogP contribution in [0.3, 0.4) is 0 Å². The van der Waals surface area contributed by atoms with Crippen LogP contribution >= 0.6 is 0 Å². The molecule has 2 aromatic carbocycles. The van der Waals surface area contributed by atoms with Crippen LogP contribution in [-0.2, 0) is 17.6 Å². The van der Waals surface area contributed by atoms with Gasteiger partial charge in [0, 0.05) is 11.4 Å². The number of para-hydroxylation sites is 2. The Morgan fingerprint density at radius 1 is 1.00 bits per heavy atom. The summed E-state index contributed by atoms with van der Waals surface area (Å²) >= 11 is 0. The van der Waals surface area contributed by atoms with Gasteiger partial charge in [0.15, 0.2) is 0 Å². The molecule has 3 heteroatoms. The highest BCUT2D eigenvalue weighted by Crippen LogP contribution is 2.24. The van der Waals surface area contributed by atoms with Crippen LogP contribution in [0.2, 0.25) is 0 Å². The summed E-state index contributed by atoms with van der Waals surface area (Å²) in [5.41, 5.74) is 3.89. The number of aliphatic carboxylic acids is 1. The summed E-state index contributed by atoms with van der Waals surface area (Å²) < 4.78 is 0. The quantitative estimate of drug-likeness (QED) is 0.858. The Morgan fingerprint density at radius 3 is 2.11 bits per heavy atom. The van der Waals surface area contributed by atoms with Crippen LogP contribution in [0.25, 0.3) is 0 Å². The van der Waals surface area contributed by atoms with Gasteiger partial charge in [-0.2, -0.15) is 0 Å². The van der Waals surface area contributed by atoms with Crippen LogP contribution in [0.4, 0.5) is 11.4 Å². The molecule has 19 heavy (non-hydrogen) atoms. The molecule has 0 saturated carbocycles. The third-order valence-electron chi connectivity index (χ3n) is 3.03. The summed E-state index contributed by atoms with van der Waals surface area (Å²) in [4.78, 5) is 10.9. The zero-order chi connectivity index (χ0) is 13.7. The lowest BCUT2D eigenvalue weighted by Crippen LogP contribution is -2.04. The average Bonchev–Trinajstić information content (AvgIpc) is 2.41. The normalized spacial score (nSPS) is 10.2. The SMILES string of the molecule is CCc1ccccc1Nc1ccccc1CC(=O)O. The fraction of sp³-hybridized carbons (Fsp3) is 0.188. The fourth-order valence-corrected chi connectivity index (χ4v) is 2.05. The first-order chi connectivity index (χ1) is 9.20. The third kappa shape index (κ3) is 3.35. The highest BCUT2D eigenvalue weighted by atomic mass is 16.4. The molecule has 0 aliphatic rings. The Balaban J connectivity index is 2.30. The summed E-state index contributed by atoms with van der Waals surface area (Å²) in [6.45, 7) is 2.10. The zero-order valence-corrected chi connectivity index (χ0v) is 10.9. The van der Waals surface area contributed by atoms with E-state index in [0.29, 0.717) is 0 Å². The first kappa shape index (κ1) is 13.1. The van der Waals surface area contributed by atoms with E-state index in [4.69, 9.17) is 5.11 Å². The maximum atomic E-state index is 10.9. The summed E-state index contributed by atoms with van der Waals surface area (Å²) in [5, 5.41) is 12.3. The van der Waals surface area contributed by atoms with Crippen LogP contribution in [0.15, 0.2) is 48.5 Å². The van der Waals surface area contributed by atoms with Gasteiger partial charge in [0.05, 0.1) is 6.42 Å². The Kier molecular flexibility index (Phi) is 4.18. The van der Waals surface area contributed by atoms with Gasteiger partial charge in [-0.3, -0.25) is 4.79 Å². The molecule has 0 unspecified atom stereocenters. The number of nitrogens with one attached hydrogen (secondary N) is 1. The molecule has 0 amide bonds. The predicted molar refractivity (Wildman–Crippen MR) is 76.9 cm³/mol. The fourth-order valence-electron chi connectivity index (χ4n) is 2.05. The van der Waals surface area contributed by atoms with Crippen molar-refractivity contribution < 1.29 is 9.90 Å². The zero-order valence-electron chi connectivity index (χ0n) is 10.9. The molecule has 0 aromatic heterocycles. The number of benzene rings is 2. The molecule has 0 spiro atoms. The van der Waals surface area contributed by atoms with Crippen molar-refractivity contribution in [1.29, 1.82) is 0 Å². The summed E-state index contributed by atoms with van der Waals surface area (Å²) in [5.74, 6) is -0.821. The molecule has 2 N–H and O–H groups in total. The van der Waals surface area contributed by atoms with Crippen molar-refractivity contribution in [3.63, 3.8) is 0 Å². The second-order valence-electron chi connectivity index (χ2n) is 4.36. The van der Waals surface area contributed by atoms with Gasteiger partial charge < -0.3 is 10.4 Å². The highest BCUT2D eigenvalue weighted by molar-refractivity contribution is 5.75. The molecule has 2 aromatic rings. The van der Waals surface area contributed by atoms with Crippen molar-refractivity contribution in [2.45, 2.75) is 19.8 Å². The van der Waals surface area contributed by atoms with Crippen LogP contribution in [0.1, 0.15) is 18.1 Å². The molecular weight excluding hydrogens is 238 g/mol. The second kappa shape index (κ2) is 6.05. The molecular formula is C16H17NO2. The van der Waals surface area contributed by atoms with E-state index in [1.807, 2.05) is 42.5 Å². The summed E-state index contributed by atoms with van der Waals surface area (Å²) in [7, 11) is 0. The van der Waals surface area contributed by atoms with Gasteiger partial charge in [-0.05, 0) is 29.7 Å². The Labute approximate surface area is 112 Å². The third-order valence-corrected chi connectivity index (χ3v) is 3.03. The first-order valence-corrected chi connectivity index (χ1v) is 6.35. The van der Waals surface area contributed by atoms with Crippen LogP contribution in [0, 0.1) is 0 Å². The monoisotopic (exact) mass is 255 g/mol. The van der Waals surface area contributed by atoms with E-state index in [1.54, 1.807) is 0 Å². The van der Waals surface area contributed by atoms with E-state index in [-0.39, 0.29) is 6.42 Å². The number of carboxylic acid groups (broad SMARTS) is 1. The lowest BCUT2D eigenvalue weighted by atomic mass is 10.1. The molecule has 0 fully saturated rings. The molecule has 0 atom stereocenters.